The van der Waals surface area contributed by atoms with E-state index in [0.717, 1.165) is 0 Å². The smallest absolute Gasteiger partial charge is 0.132 e. The number of hydrogen-bond acceptors (Lipinski definition) is 4. The fourth-order valence-electron chi connectivity index (χ4n) is 2.76. The van der Waals surface area contributed by atoms with Crippen LogP contribution in [0.15, 0.2) is 48.5 Å². The lowest BCUT2D eigenvalue weighted by Gasteiger charge is -2.11. The number of rotatable bonds is 6. The van der Waals surface area contributed by atoms with Gasteiger partial charge < -0.3 is 10.2 Å². The van der Waals surface area contributed by atoms with Crippen LogP contribution in [-0.2, 0) is 9.59 Å². The van der Waals surface area contributed by atoms with E-state index in [1.54, 1.807) is 48.5 Å². The Morgan fingerprint density at radius 3 is 1.46 bits per heavy atom. The third kappa shape index (κ3) is 6.21. The Balaban J connectivity index is 2.26. The number of benzene rings is 2. The van der Waals surface area contributed by atoms with Gasteiger partial charge in [0.1, 0.15) is 11.6 Å². The molecule has 142 valence electrons. The molecule has 2 aromatic rings. The lowest BCUT2D eigenvalue weighted by atomic mass is 9.99. The van der Waals surface area contributed by atoms with E-state index >= 15 is 0 Å². The zero-order valence-electron chi connectivity index (χ0n) is 15.9. The summed E-state index contributed by atoms with van der Waals surface area (Å²) in [5.41, 5.74) is 2.39. The van der Waals surface area contributed by atoms with Gasteiger partial charge in [0.05, 0.1) is 12.2 Å². The fraction of sp³-hybridized carbons (Fsp3) is 0.250. The van der Waals surface area contributed by atoms with E-state index in [9.17, 15) is 19.8 Å². The first-order valence-electron chi connectivity index (χ1n) is 8.93. The monoisotopic (exact) mass is 374 g/mol. The van der Waals surface area contributed by atoms with Crippen molar-refractivity contribution < 1.29 is 19.8 Å². The van der Waals surface area contributed by atoms with Crippen LogP contribution >= 0.6 is 0 Å². The van der Waals surface area contributed by atoms with E-state index in [1.165, 1.54) is 13.8 Å². The van der Waals surface area contributed by atoms with Crippen molar-refractivity contribution in [3.05, 3.63) is 70.8 Å². The molecule has 0 aromatic heterocycles. The van der Waals surface area contributed by atoms with Gasteiger partial charge in [-0.25, -0.2) is 0 Å². The molecule has 0 bridgehead atoms. The SMILES string of the molecule is CC(=O)C[C@@H](O)c1ccccc1C#CC#Cc1ccccc1[C@H](O)CC(C)=O. The summed E-state index contributed by atoms with van der Waals surface area (Å²) in [7, 11) is 0. The minimum Gasteiger partial charge on any atom is -0.388 e. The standard InChI is InChI=1S/C24H22O4/c1-17(25)15-23(27)21-13-7-5-11-19(21)9-3-4-10-20-12-6-8-14-22(20)24(28)16-18(2)26/h5-8,11-14,23-24,27-28H,15-16H2,1-2H3/t23-,24-/m1/s1. The van der Waals surface area contributed by atoms with Crippen molar-refractivity contribution in [1.29, 1.82) is 0 Å². The summed E-state index contributed by atoms with van der Waals surface area (Å²) in [4.78, 5) is 22.5. The Labute approximate surface area is 165 Å². The maximum atomic E-state index is 11.2. The van der Waals surface area contributed by atoms with Crippen LogP contribution in [0.1, 0.15) is 61.2 Å². The average Bonchev–Trinajstić information content (AvgIpc) is 2.64. The summed E-state index contributed by atoms with van der Waals surface area (Å²) in [5, 5.41) is 20.4. The van der Waals surface area contributed by atoms with E-state index in [2.05, 4.69) is 23.7 Å². The van der Waals surface area contributed by atoms with Gasteiger partial charge in [-0.3, -0.25) is 9.59 Å². The highest BCUT2D eigenvalue weighted by Crippen LogP contribution is 2.21. The number of aliphatic hydroxyl groups is 2. The molecule has 2 atom stereocenters. The average molecular weight is 374 g/mol. The maximum absolute atomic E-state index is 11.2. The van der Waals surface area contributed by atoms with Gasteiger partial charge >= 0.3 is 0 Å². The lowest BCUT2D eigenvalue weighted by Crippen LogP contribution is -2.05. The Kier molecular flexibility index (Phi) is 7.72. The molecule has 0 unspecified atom stereocenters. The molecule has 0 radical (unpaired) electrons. The molecule has 0 aliphatic heterocycles. The van der Waals surface area contributed by atoms with Gasteiger partial charge in [-0.05, 0) is 48.9 Å². The molecule has 2 aromatic carbocycles. The maximum Gasteiger partial charge on any atom is 0.132 e. The Hall–Kier alpha value is -3.18. The van der Waals surface area contributed by atoms with Gasteiger partial charge in [-0.2, -0.15) is 0 Å². The highest BCUT2D eigenvalue weighted by atomic mass is 16.3. The molecule has 2 N–H and O–H groups in total. The number of carbonyl (C=O) groups excluding carboxylic acids is 2. The molecular formula is C24H22O4. The number of carbonyl (C=O) groups is 2. The van der Waals surface area contributed by atoms with Crippen molar-refractivity contribution in [1.82, 2.24) is 0 Å². The number of hydrogen-bond donors (Lipinski definition) is 2. The summed E-state index contributed by atoms with van der Waals surface area (Å²) in [6.45, 7) is 2.86. The van der Waals surface area contributed by atoms with Gasteiger partial charge in [0.15, 0.2) is 0 Å². The molecule has 2 rings (SSSR count). The molecule has 0 spiro atoms. The van der Waals surface area contributed by atoms with Crippen LogP contribution in [-0.4, -0.2) is 21.8 Å². The molecule has 0 aliphatic rings. The number of aliphatic hydroxyl groups excluding tert-OH is 2. The molecule has 0 amide bonds. The van der Waals surface area contributed by atoms with Gasteiger partial charge in [0.2, 0.25) is 0 Å². The van der Waals surface area contributed by atoms with Crippen LogP contribution < -0.4 is 0 Å². The molecule has 0 saturated heterocycles. The Morgan fingerprint density at radius 2 is 1.11 bits per heavy atom. The van der Waals surface area contributed by atoms with Crippen molar-refractivity contribution in [3.63, 3.8) is 0 Å². The van der Waals surface area contributed by atoms with E-state index in [-0.39, 0.29) is 24.4 Å². The normalized spacial score (nSPS) is 12.0. The van der Waals surface area contributed by atoms with Gasteiger partial charge in [0.25, 0.3) is 0 Å². The first-order valence-corrected chi connectivity index (χ1v) is 8.93. The molecule has 4 heteroatoms. The second-order valence-corrected chi connectivity index (χ2v) is 6.52. The van der Waals surface area contributed by atoms with Gasteiger partial charge in [-0.1, -0.05) is 48.2 Å². The summed E-state index contributed by atoms with van der Waals surface area (Å²) >= 11 is 0. The fourth-order valence-corrected chi connectivity index (χ4v) is 2.76. The van der Waals surface area contributed by atoms with Crippen LogP contribution in [0.25, 0.3) is 0 Å². The third-order valence-electron chi connectivity index (χ3n) is 4.06. The van der Waals surface area contributed by atoms with E-state index < -0.39 is 12.2 Å². The summed E-state index contributed by atoms with van der Waals surface area (Å²) in [6, 6.07) is 14.2. The van der Waals surface area contributed by atoms with Crippen molar-refractivity contribution >= 4 is 11.6 Å². The Bertz CT molecular complexity index is 901. The predicted molar refractivity (Wildman–Crippen MR) is 107 cm³/mol. The minimum atomic E-state index is -0.904. The van der Waals surface area contributed by atoms with Crippen molar-refractivity contribution in [2.24, 2.45) is 0 Å². The van der Waals surface area contributed by atoms with Crippen LogP contribution in [0.3, 0.4) is 0 Å². The molecule has 0 saturated carbocycles. The van der Waals surface area contributed by atoms with Crippen molar-refractivity contribution in [2.45, 2.75) is 38.9 Å². The summed E-state index contributed by atoms with van der Waals surface area (Å²) < 4.78 is 0. The molecular weight excluding hydrogens is 352 g/mol. The van der Waals surface area contributed by atoms with Crippen molar-refractivity contribution in [3.8, 4) is 23.7 Å². The first-order chi connectivity index (χ1) is 13.4. The zero-order chi connectivity index (χ0) is 20.5. The number of Topliss-reactive ketones (excluding diaryl/α,β-unsaturated/α-hetero) is 2. The third-order valence-corrected chi connectivity index (χ3v) is 4.06. The van der Waals surface area contributed by atoms with Gasteiger partial charge in [-0.15, -0.1) is 0 Å². The lowest BCUT2D eigenvalue weighted by molar-refractivity contribution is -0.119. The van der Waals surface area contributed by atoms with E-state index in [4.69, 9.17) is 0 Å². The van der Waals surface area contributed by atoms with Crippen LogP contribution in [0.4, 0.5) is 0 Å². The quantitative estimate of drug-likeness (QED) is 0.762. The first kappa shape index (κ1) is 21.1. The van der Waals surface area contributed by atoms with Crippen LogP contribution in [0.5, 0.6) is 0 Å². The van der Waals surface area contributed by atoms with Crippen molar-refractivity contribution in [2.75, 3.05) is 0 Å². The summed E-state index contributed by atoms with van der Waals surface area (Å²) in [6.07, 6.45) is -1.74. The van der Waals surface area contributed by atoms with Crippen LogP contribution in [0.2, 0.25) is 0 Å². The van der Waals surface area contributed by atoms with E-state index in [1.807, 2.05) is 0 Å². The second-order valence-electron chi connectivity index (χ2n) is 6.52. The minimum absolute atomic E-state index is 0.0335. The largest absolute Gasteiger partial charge is 0.388 e. The van der Waals surface area contributed by atoms with E-state index in [0.29, 0.717) is 22.3 Å². The molecule has 0 heterocycles. The molecule has 0 fully saturated rings. The number of ketones is 2. The summed E-state index contributed by atoms with van der Waals surface area (Å²) in [5.74, 6) is 11.1. The second kappa shape index (κ2) is 10.2. The topological polar surface area (TPSA) is 74.6 Å². The zero-order valence-corrected chi connectivity index (χ0v) is 15.9. The molecule has 0 aliphatic carbocycles. The predicted octanol–water partition coefficient (Wildman–Crippen LogP) is 3.11. The highest BCUT2D eigenvalue weighted by molar-refractivity contribution is 5.76. The molecule has 28 heavy (non-hydrogen) atoms. The highest BCUT2D eigenvalue weighted by Gasteiger charge is 2.13. The Morgan fingerprint density at radius 1 is 0.750 bits per heavy atom. The molecule has 4 nitrogen and oxygen atoms in total. The van der Waals surface area contributed by atoms with Gasteiger partial charge in [0, 0.05) is 24.0 Å². The van der Waals surface area contributed by atoms with Crippen LogP contribution in [0, 0.1) is 23.7 Å².